The van der Waals surface area contributed by atoms with Gasteiger partial charge in [0, 0.05) is 0 Å². The lowest BCUT2D eigenvalue weighted by molar-refractivity contribution is 0.388. The predicted molar refractivity (Wildman–Crippen MR) is 98.6 cm³/mol. The lowest BCUT2D eigenvalue weighted by Crippen LogP contribution is -2.41. The first kappa shape index (κ1) is 18.8. The van der Waals surface area contributed by atoms with Crippen molar-refractivity contribution in [2.75, 3.05) is 7.11 Å². The van der Waals surface area contributed by atoms with Crippen molar-refractivity contribution in [3.05, 3.63) is 36.4 Å². The van der Waals surface area contributed by atoms with Gasteiger partial charge in [0.25, 0.3) is 8.32 Å². The molecule has 1 aromatic carbocycles. The van der Waals surface area contributed by atoms with Crippen LogP contribution in [0.3, 0.4) is 0 Å². The molecule has 0 saturated heterocycles. The molecule has 0 bridgehead atoms. The molecular weight excluding hydrogens is 288 g/mol. The third-order valence-corrected chi connectivity index (χ3v) is 8.94. The molecule has 0 saturated carbocycles. The number of hydrogen-bond donors (Lipinski definition) is 0. The number of benzene rings is 1. The molecule has 0 radical (unpaired) electrons. The van der Waals surface area contributed by atoms with Crippen molar-refractivity contribution in [1.29, 1.82) is 0 Å². The number of ether oxygens (including phenoxy) is 1. The zero-order valence-electron chi connectivity index (χ0n) is 14.8. The Hall–Kier alpha value is -1.22. The number of rotatable bonds is 11. The van der Waals surface area contributed by atoms with Gasteiger partial charge < -0.3 is 9.16 Å². The molecule has 0 atom stereocenters. The van der Waals surface area contributed by atoms with Crippen molar-refractivity contribution in [2.45, 2.75) is 64.6 Å². The average molecular weight is 321 g/mol. The first-order chi connectivity index (χ1) is 10.6. The second-order valence-corrected chi connectivity index (χ2v) is 10.1. The molecule has 1 aromatic rings. The first-order valence-electron chi connectivity index (χ1n) is 8.61. The monoisotopic (exact) mass is 320 g/mol. The van der Waals surface area contributed by atoms with Crippen LogP contribution in [0.15, 0.2) is 30.9 Å². The maximum atomic E-state index is 6.67. The van der Waals surface area contributed by atoms with Crippen molar-refractivity contribution in [3.63, 3.8) is 0 Å². The third-order valence-electron chi connectivity index (χ3n) is 4.05. The quantitative estimate of drug-likeness (QED) is 0.369. The van der Waals surface area contributed by atoms with E-state index in [0.29, 0.717) is 0 Å². The van der Waals surface area contributed by atoms with E-state index in [4.69, 9.17) is 9.16 Å². The first-order valence-corrected chi connectivity index (χ1v) is 11.1. The Balaban J connectivity index is 3.07. The molecule has 0 aliphatic rings. The van der Waals surface area contributed by atoms with Crippen LogP contribution in [0.1, 0.15) is 45.6 Å². The Morgan fingerprint density at radius 1 is 1.00 bits per heavy atom. The highest BCUT2D eigenvalue weighted by atomic mass is 28.4. The fourth-order valence-corrected chi connectivity index (χ4v) is 7.64. The minimum absolute atomic E-state index is 0.859. The van der Waals surface area contributed by atoms with Gasteiger partial charge in [-0.2, -0.15) is 0 Å². The summed E-state index contributed by atoms with van der Waals surface area (Å²) >= 11 is 0. The van der Waals surface area contributed by atoms with E-state index in [9.17, 15) is 0 Å². The highest BCUT2D eigenvalue weighted by Gasteiger charge is 2.34. The fraction of sp³-hybridized carbons (Fsp3) is 0.579. The molecule has 0 aliphatic carbocycles. The van der Waals surface area contributed by atoms with Crippen LogP contribution in [0.5, 0.6) is 11.5 Å². The fourth-order valence-electron chi connectivity index (χ4n) is 3.22. The van der Waals surface area contributed by atoms with Gasteiger partial charge in [0.15, 0.2) is 5.75 Å². The summed E-state index contributed by atoms with van der Waals surface area (Å²) < 4.78 is 12.2. The molecule has 0 aromatic heterocycles. The van der Waals surface area contributed by atoms with Crippen LogP contribution in [-0.2, 0) is 6.42 Å². The second-order valence-electron chi connectivity index (χ2n) is 6.01. The van der Waals surface area contributed by atoms with Gasteiger partial charge in [-0.1, -0.05) is 52.2 Å². The molecule has 124 valence electrons. The van der Waals surface area contributed by atoms with E-state index in [1.807, 2.05) is 6.08 Å². The van der Waals surface area contributed by atoms with Crippen LogP contribution in [0.25, 0.3) is 0 Å². The van der Waals surface area contributed by atoms with Gasteiger partial charge in [0.2, 0.25) is 0 Å². The van der Waals surface area contributed by atoms with Gasteiger partial charge >= 0.3 is 0 Å². The van der Waals surface area contributed by atoms with Gasteiger partial charge in [-0.15, -0.1) is 6.58 Å². The number of hydrogen-bond acceptors (Lipinski definition) is 2. The molecule has 1 rings (SSSR count). The molecule has 0 aliphatic heterocycles. The maximum Gasteiger partial charge on any atom is 0.251 e. The van der Waals surface area contributed by atoms with Crippen LogP contribution in [0.2, 0.25) is 18.1 Å². The van der Waals surface area contributed by atoms with E-state index in [-0.39, 0.29) is 0 Å². The smallest absolute Gasteiger partial charge is 0.251 e. The summed E-state index contributed by atoms with van der Waals surface area (Å²) in [6.45, 7) is 10.6. The van der Waals surface area contributed by atoms with Crippen LogP contribution in [-0.4, -0.2) is 15.4 Å². The van der Waals surface area contributed by atoms with Crippen molar-refractivity contribution >= 4 is 8.32 Å². The number of allylic oxidation sites excluding steroid dienone is 1. The third kappa shape index (κ3) is 5.20. The van der Waals surface area contributed by atoms with Crippen LogP contribution >= 0.6 is 0 Å². The number of methoxy groups -OCH3 is 1. The largest absolute Gasteiger partial charge is 0.541 e. The van der Waals surface area contributed by atoms with E-state index in [1.165, 1.54) is 43.0 Å². The molecule has 3 heteroatoms. The minimum Gasteiger partial charge on any atom is -0.541 e. The normalized spacial score (nSPS) is 11.3. The molecule has 0 fully saturated rings. The summed E-state index contributed by atoms with van der Waals surface area (Å²) in [7, 11) is 0.00473. The minimum atomic E-state index is -1.72. The molecule has 22 heavy (non-hydrogen) atoms. The Morgan fingerprint density at radius 2 is 1.59 bits per heavy atom. The predicted octanol–water partition coefficient (Wildman–Crippen LogP) is 5.98. The zero-order chi connectivity index (χ0) is 16.4. The van der Waals surface area contributed by atoms with Crippen molar-refractivity contribution in [1.82, 2.24) is 0 Å². The average Bonchev–Trinajstić information content (AvgIpc) is 2.50. The lowest BCUT2D eigenvalue weighted by atomic mass is 10.1. The zero-order valence-corrected chi connectivity index (χ0v) is 15.8. The molecule has 0 amide bonds. The molecule has 2 nitrogen and oxygen atoms in total. The van der Waals surface area contributed by atoms with Crippen molar-refractivity contribution in [2.24, 2.45) is 0 Å². The summed E-state index contributed by atoms with van der Waals surface area (Å²) in [6, 6.07) is 9.98. The van der Waals surface area contributed by atoms with Crippen molar-refractivity contribution < 1.29 is 9.16 Å². The van der Waals surface area contributed by atoms with E-state index >= 15 is 0 Å². The van der Waals surface area contributed by atoms with Gasteiger partial charge in [0.05, 0.1) is 7.11 Å². The van der Waals surface area contributed by atoms with E-state index in [1.54, 1.807) is 7.11 Å². The molecule has 0 heterocycles. The highest BCUT2D eigenvalue weighted by molar-refractivity contribution is 6.74. The van der Waals surface area contributed by atoms with Crippen molar-refractivity contribution in [3.8, 4) is 11.5 Å². The summed E-state index contributed by atoms with van der Waals surface area (Å²) in [6.07, 6.45) is 6.37. The van der Waals surface area contributed by atoms with Crippen LogP contribution < -0.4 is 9.16 Å². The van der Waals surface area contributed by atoms with Crippen LogP contribution in [0.4, 0.5) is 0 Å². The Labute approximate surface area is 137 Å². The van der Waals surface area contributed by atoms with E-state index < -0.39 is 8.32 Å². The SMILES string of the molecule is C=CCc1ccc(O[Si](CCC)(CCC)CCC)c(OC)c1. The van der Waals surface area contributed by atoms with Gasteiger partial charge in [-0.05, 0) is 42.2 Å². The second kappa shape index (κ2) is 9.72. The summed E-state index contributed by atoms with van der Waals surface area (Å²) in [4.78, 5) is 0. The Bertz CT molecular complexity index is 440. The topological polar surface area (TPSA) is 18.5 Å². The summed E-state index contributed by atoms with van der Waals surface area (Å²) in [5.41, 5.74) is 1.22. The summed E-state index contributed by atoms with van der Waals surface area (Å²) in [5, 5.41) is 0. The Kier molecular flexibility index (Phi) is 8.32. The highest BCUT2D eigenvalue weighted by Crippen LogP contribution is 2.35. The maximum absolute atomic E-state index is 6.67. The molecule has 0 spiro atoms. The standard InChI is InChI=1S/C19H32O2Si/c1-6-10-17-11-12-18(19(16-17)20-5)21-22(13-7-2,14-8-3)15-9-4/h6,11-12,16H,1,7-10,13-15H2,2-5H3. The van der Waals surface area contributed by atoms with E-state index in [0.717, 1.165) is 17.9 Å². The van der Waals surface area contributed by atoms with Crippen LogP contribution in [0, 0.1) is 0 Å². The lowest BCUT2D eigenvalue weighted by Gasteiger charge is -2.32. The van der Waals surface area contributed by atoms with Gasteiger partial charge in [-0.3, -0.25) is 0 Å². The van der Waals surface area contributed by atoms with Gasteiger partial charge in [-0.25, -0.2) is 0 Å². The summed E-state index contributed by atoms with van der Waals surface area (Å²) in [5.74, 6) is 1.79. The molecular formula is C19H32O2Si. The van der Waals surface area contributed by atoms with E-state index in [2.05, 4.69) is 45.5 Å². The van der Waals surface area contributed by atoms with Gasteiger partial charge in [0.1, 0.15) is 5.75 Å². The Morgan fingerprint density at radius 3 is 2.05 bits per heavy atom. The molecule has 0 N–H and O–H groups in total. The molecule has 0 unspecified atom stereocenters.